The van der Waals surface area contributed by atoms with Crippen LogP contribution in [0.1, 0.15) is 51.6 Å². The Morgan fingerprint density at radius 2 is 2.04 bits per heavy atom. The molecule has 2 fully saturated rings. The minimum Gasteiger partial charge on any atom is -0.444 e. The van der Waals surface area contributed by atoms with Crippen LogP contribution in [0.5, 0.6) is 0 Å². The van der Waals surface area contributed by atoms with E-state index in [4.69, 9.17) is 21.3 Å². The van der Waals surface area contributed by atoms with E-state index in [2.05, 4.69) is 17.1 Å². The fourth-order valence-electron chi connectivity index (χ4n) is 3.98. The molecule has 138 valence electrons. The SMILES string of the molecule is CC(C)(C)OC(=O)N1CCC2(CC1)CC2c1ccc2cnc(Cl)cc2n1. The Balaban J connectivity index is 1.43. The normalized spacial score (nSPS) is 21.8. The third-order valence-corrected chi connectivity index (χ3v) is 5.73. The van der Waals surface area contributed by atoms with Gasteiger partial charge in [0.2, 0.25) is 0 Å². The van der Waals surface area contributed by atoms with Crippen LogP contribution in [0, 0.1) is 5.41 Å². The van der Waals surface area contributed by atoms with Gasteiger partial charge in [-0.2, -0.15) is 0 Å². The first-order chi connectivity index (χ1) is 12.3. The molecule has 4 rings (SSSR count). The summed E-state index contributed by atoms with van der Waals surface area (Å²) in [5.41, 5.74) is 1.87. The number of aromatic nitrogens is 2. The van der Waals surface area contributed by atoms with Crippen molar-refractivity contribution < 1.29 is 9.53 Å². The van der Waals surface area contributed by atoms with Gasteiger partial charge in [-0.15, -0.1) is 0 Å². The highest BCUT2D eigenvalue weighted by Crippen LogP contribution is 2.64. The summed E-state index contributed by atoms with van der Waals surface area (Å²) in [6.07, 6.45) is 4.72. The lowest BCUT2D eigenvalue weighted by Gasteiger charge is -2.34. The van der Waals surface area contributed by atoms with Crippen molar-refractivity contribution in [3.63, 3.8) is 0 Å². The first-order valence-electron chi connectivity index (χ1n) is 9.16. The Morgan fingerprint density at radius 3 is 2.73 bits per heavy atom. The lowest BCUT2D eigenvalue weighted by molar-refractivity contribution is 0.0170. The van der Waals surface area contributed by atoms with Crippen LogP contribution in [0.25, 0.3) is 10.9 Å². The van der Waals surface area contributed by atoms with E-state index >= 15 is 0 Å². The summed E-state index contributed by atoms with van der Waals surface area (Å²) in [5, 5.41) is 1.48. The molecular weight excluding hydrogens is 350 g/mol. The van der Waals surface area contributed by atoms with Crippen LogP contribution >= 0.6 is 11.6 Å². The van der Waals surface area contributed by atoms with E-state index in [-0.39, 0.29) is 11.5 Å². The van der Waals surface area contributed by atoms with Crippen molar-refractivity contribution in [3.8, 4) is 0 Å². The van der Waals surface area contributed by atoms with Gasteiger partial charge in [0, 0.05) is 42.4 Å². The monoisotopic (exact) mass is 373 g/mol. The lowest BCUT2D eigenvalue weighted by atomic mass is 9.90. The number of halogens is 1. The van der Waals surface area contributed by atoms with Gasteiger partial charge in [0.25, 0.3) is 0 Å². The number of carbonyl (C=O) groups is 1. The van der Waals surface area contributed by atoms with Crippen molar-refractivity contribution >= 4 is 28.6 Å². The zero-order valence-corrected chi connectivity index (χ0v) is 16.2. The van der Waals surface area contributed by atoms with E-state index < -0.39 is 5.60 Å². The number of ether oxygens (including phenoxy) is 1. The topological polar surface area (TPSA) is 55.3 Å². The zero-order valence-electron chi connectivity index (χ0n) is 15.5. The number of hydrogen-bond acceptors (Lipinski definition) is 4. The number of fused-ring (bicyclic) bond motifs is 1. The van der Waals surface area contributed by atoms with E-state index in [1.807, 2.05) is 31.7 Å². The molecule has 26 heavy (non-hydrogen) atoms. The number of carbonyl (C=O) groups excluding carboxylic acids is 1. The number of piperidine rings is 1. The summed E-state index contributed by atoms with van der Waals surface area (Å²) < 4.78 is 5.49. The van der Waals surface area contributed by atoms with Crippen molar-refractivity contribution in [2.45, 2.75) is 51.6 Å². The molecule has 1 saturated heterocycles. The van der Waals surface area contributed by atoms with Crippen molar-refractivity contribution in [2.75, 3.05) is 13.1 Å². The van der Waals surface area contributed by atoms with Gasteiger partial charge in [0.15, 0.2) is 0 Å². The van der Waals surface area contributed by atoms with Gasteiger partial charge in [0.1, 0.15) is 10.8 Å². The molecule has 0 bridgehead atoms. The maximum Gasteiger partial charge on any atom is 0.410 e. The van der Waals surface area contributed by atoms with Gasteiger partial charge in [-0.1, -0.05) is 11.6 Å². The third-order valence-electron chi connectivity index (χ3n) is 5.52. The molecule has 1 aliphatic heterocycles. The molecule has 0 N–H and O–H groups in total. The highest BCUT2D eigenvalue weighted by atomic mass is 35.5. The number of likely N-dealkylation sites (tertiary alicyclic amines) is 1. The minimum absolute atomic E-state index is 0.199. The Morgan fingerprint density at radius 1 is 1.31 bits per heavy atom. The maximum atomic E-state index is 12.2. The molecular formula is C20H24ClN3O2. The van der Waals surface area contributed by atoms with E-state index in [1.165, 1.54) is 0 Å². The molecule has 1 unspecified atom stereocenters. The standard InChI is InChI=1S/C20H24ClN3O2/c1-19(2,3)26-18(25)24-8-6-20(7-9-24)11-14(20)15-5-4-13-12-22-17(21)10-16(13)23-15/h4-5,10,12,14H,6-9,11H2,1-3H3. The van der Waals surface area contributed by atoms with Crippen LogP contribution in [-0.2, 0) is 4.74 Å². The Hall–Kier alpha value is -1.88. The molecule has 6 heteroatoms. The van der Waals surface area contributed by atoms with E-state index in [0.29, 0.717) is 11.1 Å². The van der Waals surface area contributed by atoms with E-state index in [9.17, 15) is 4.79 Å². The maximum absolute atomic E-state index is 12.2. The summed E-state index contributed by atoms with van der Waals surface area (Å²) >= 11 is 6.00. The first kappa shape index (κ1) is 17.5. The number of rotatable bonds is 1. The highest BCUT2D eigenvalue weighted by molar-refractivity contribution is 6.29. The molecule has 0 radical (unpaired) electrons. The Labute approximate surface area is 158 Å². The summed E-state index contributed by atoms with van der Waals surface area (Å²) in [5.74, 6) is 0.472. The zero-order chi connectivity index (χ0) is 18.5. The molecule has 1 saturated carbocycles. The lowest BCUT2D eigenvalue weighted by Crippen LogP contribution is -2.42. The van der Waals surface area contributed by atoms with Gasteiger partial charge in [0.05, 0.1) is 5.52 Å². The third kappa shape index (κ3) is 3.37. The Kier molecular flexibility index (Phi) is 4.10. The van der Waals surface area contributed by atoms with Gasteiger partial charge in [-0.05, 0) is 57.6 Å². The summed E-state index contributed by atoms with van der Waals surface area (Å²) in [6, 6.07) is 6.00. The molecule has 3 heterocycles. The van der Waals surface area contributed by atoms with E-state index in [0.717, 1.165) is 48.9 Å². The molecule has 1 spiro atoms. The quantitative estimate of drug-likeness (QED) is 0.674. The van der Waals surface area contributed by atoms with Gasteiger partial charge >= 0.3 is 6.09 Å². The Bertz CT molecular complexity index is 854. The van der Waals surface area contributed by atoms with Crippen LogP contribution in [0.15, 0.2) is 24.4 Å². The molecule has 1 aliphatic carbocycles. The minimum atomic E-state index is -0.445. The van der Waals surface area contributed by atoms with Gasteiger partial charge in [-0.3, -0.25) is 4.98 Å². The second kappa shape index (κ2) is 6.08. The number of nitrogens with zero attached hydrogens (tertiary/aromatic N) is 3. The average molecular weight is 374 g/mol. The second-order valence-corrected chi connectivity index (χ2v) is 8.91. The predicted molar refractivity (Wildman–Crippen MR) is 101 cm³/mol. The van der Waals surface area contributed by atoms with Gasteiger partial charge in [-0.25, -0.2) is 9.78 Å². The van der Waals surface area contributed by atoms with Crippen LogP contribution in [-0.4, -0.2) is 39.7 Å². The second-order valence-electron chi connectivity index (χ2n) is 8.52. The molecule has 5 nitrogen and oxygen atoms in total. The number of hydrogen-bond donors (Lipinski definition) is 0. The van der Waals surface area contributed by atoms with Crippen molar-refractivity contribution in [1.29, 1.82) is 0 Å². The van der Waals surface area contributed by atoms with Crippen molar-refractivity contribution in [3.05, 3.63) is 35.2 Å². The fraction of sp³-hybridized carbons (Fsp3) is 0.550. The largest absolute Gasteiger partial charge is 0.444 e. The molecule has 0 aromatic carbocycles. The first-order valence-corrected chi connectivity index (χ1v) is 9.54. The molecule has 2 aromatic heterocycles. The molecule has 1 atom stereocenters. The van der Waals surface area contributed by atoms with Crippen LogP contribution in [0.4, 0.5) is 4.79 Å². The van der Waals surface area contributed by atoms with Crippen LogP contribution < -0.4 is 0 Å². The average Bonchev–Trinajstić information content (AvgIpc) is 3.26. The van der Waals surface area contributed by atoms with E-state index in [1.54, 1.807) is 6.20 Å². The van der Waals surface area contributed by atoms with Gasteiger partial charge < -0.3 is 9.64 Å². The highest BCUT2D eigenvalue weighted by Gasteiger charge is 2.56. The molecule has 1 amide bonds. The summed E-state index contributed by atoms with van der Waals surface area (Å²) in [4.78, 5) is 23.0. The fourth-order valence-corrected chi connectivity index (χ4v) is 4.13. The number of amides is 1. The molecule has 2 aliphatic rings. The summed E-state index contributed by atoms with van der Waals surface area (Å²) in [6.45, 7) is 7.23. The molecule has 2 aromatic rings. The van der Waals surface area contributed by atoms with Crippen molar-refractivity contribution in [2.24, 2.45) is 5.41 Å². The number of pyridine rings is 2. The van der Waals surface area contributed by atoms with Crippen LogP contribution in [0.3, 0.4) is 0 Å². The smallest absolute Gasteiger partial charge is 0.410 e. The summed E-state index contributed by atoms with van der Waals surface area (Å²) in [7, 11) is 0. The van der Waals surface area contributed by atoms with Crippen LogP contribution in [0.2, 0.25) is 5.15 Å². The van der Waals surface area contributed by atoms with Crippen molar-refractivity contribution in [1.82, 2.24) is 14.9 Å². The predicted octanol–water partition coefficient (Wildman–Crippen LogP) is 4.79.